The Hall–Kier alpha value is -2.21. The molecule has 0 saturated carbocycles. The number of aromatic nitrogens is 2. The van der Waals surface area contributed by atoms with E-state index in [-0.39, 0.29) is 24.3 Å². The second kappa shape index (κ2) is 6.91. The van der Waals surface area contributed by atoms with Crippen LogP contribution >= 0.6 is 0 Å². The van der Waals surface area contributed by atoms with Gasteiger partial charge >= 0.3 is 0 Å². The van der Waals surface area contributed by atoms with Gasteiger partial charge in [0.1, 0.15) is 0 Å². The third-order valence-electron chi connectivity index (χ3n) is 3.97. The average molecular weight is 315 g/mol. The highest BCUT2D eigenvalue weighted by Crippen LogP contribution is 2.34. The summed E-state index contributed by atoms with van der Waals surface area (Å²) >= 11 is 0. The van der Waals surface area contributed by atoms with Crippen LogP contribution in [-0.2, 0) is 16.0 Å². The van der Waals surface area contributed by atoms with Gasteiger partial charge < -0.3 is 14.6 Å². The lowest BCUT2D eigenvalue weighted by molar-refractivity contribution is -0.115. The van der Waals surface area contributed by atoms with Gasteiger partial charge in [0, 0.05) is 12.3 Å². The lowest BCUT2D eigenvalue weighted by Gasteiger charge is -2.18. The molecular formula is C17H21N3O3. The molecule has 1 aliphatic rings. The van der Waals surface area contributed by atoms with Gasteiger partial charge in [-0.2, -0.15) is 4.98 Å². The molecule has 1 amide bonds. The molecule has 0 bridgehead atoms. The molecule has 2 heterocycles. The molecule has 1 fully saturated rings. The monoisotopic (exact) mass is 315 g/mol. The number of amides is 1. The van der Waals surface area contributed by atoms with Crippen LogP contribution in [0.5, 0.6) is 0 Å². The second-order valence-electron chi connectivity index (χ2n) is 6.11. The Bertz CT molecular complexity index is 654. The summed E-state index contributed by atoms with van der Waals surface area (Å²) in [6.07, 6.45) is 1.07. The molecule has 1 saturated heterocycles. The van der Waals surface area contributed by atoms with E-state index in [4.69, 9.17) is 9.26 Å². The summed E-state index contributed by atoms with van der Waals surface area (Å²) in [6.45, 7) is 4.95. The number of ether oxygens (including phenoxy) is 1. The summed E-state index contributed by atoms with van der Waals surface area (Å²) in [5.41, 5.74) is 0.755. The van der Waals surface area contributed by atoms with Crippen molar-refractivity contribution in [2.24, 2.45) is 5.92 Å². The topological polar surface area (TPSA) is 77.2 Å². The molecule has 3 rings (SSSR count). The van der Waals surface area contributed by atoms with E-state index in [1.807, 2.05) is 30.3 Å². The van der Waals surface area contributed by atoms with Gasteiger partial charge in [-0.25, -0.2) is 0 Å². The van der Waals surface area contributed by atoms with Gasteiger partial charge in [0.2, 0.25) is 11.8 Å². The predicted octanol–water partition coefficient (Wildman–Crippen LogP) is 2.78. The van der Waals surface area contributed by atoms with Crippen molar-refractivity contribution >= 4 is 11.6 Å². The van der Waals surface area contributed by atoms with Crippen LogP contribution in [-0.4, -0.2) is 28.8 Å². The van der Waals surface area contributed by atoms with Crippen molar-refractivity contribution in [3.8, 4) is 0 Å². The molecule has 0 aliphatic carbocycles. The number of carbonyl (C=O) groups is 1. The molecule has 1 aliphatic heterocycles. The molecule has 6 heteroatoms. The highest BCUT2D eigenvalue weighted by Gasteiger charge is 2.35. The van der Waals surface area contributed by atoms with Crippen molar-refractivity contribution in [3.05, 3.63) is 42.0 Å². The van der Waals surface area contributed by atoms with E-state index in [1.165, 1.54) is 0 Å². The van der Waals surface area contributed by atoms with Crippen LogP contribution in [0.25, 0.3) is 0 Å². The third-order valence-corrected chi connectivity index (χ3v) is 3.97. The molecule has 2 aromatic rings. The normalized spacial score (nSPS) is 20.8. The maximum absolute atomic E-state index is 12.0. The molecule has 0 spiro atoms. The number of benzene rings is 1. The Morgan fingerprint density at radius 3 is 2.87 bits per heavy atom. The zero-order valence-electron chi connectivity index (χ0n) is 13.4. The Balaban J connectivity index is 1.62. The SMILES string of the molecule is CC(C)C1OCCC1c1nc(CC(=O)Nc2ccccc2)no1. The van der Waals surface area contributed by atoms with Crippen molar-refractivity contribution in [1.82, 2.24) is 10.1 Å². The predicted molar refractivity (Wildman–Crippen MR) is 85.0 cm³/mol. The van der Waals surface area contributed by atoms with E-state index >= 15 is 0 Å². The van der Waals surface area contributed by atoms with Crippen LogP contribution in [0.2, 0.25) is 0 Å². The fourth-order valence-electron chi connectivity index (χ4n) is 2.89. The standard InChI is InChI=1S/C17H21N3O3/c1-11(2)16-13(8-9-22-16)17-19-14(20-23-17)10-15(21)18-12-6-4-3-5-7-12/h3-7,11,13,16H,8-10H2,1-2H3,(H,18,21). The highest BCUT2D eigenvalue weighted by atomic mass is 16.5. The van der Waals surface area contributed by atoms with Crippen LogP contribution in [0.3, 0.4) is 0 Å². The zero-order chi connectivity index (χ0) is 16.2. The van der Waals surface area contributed by atoms with Gasteiger partial charge in [0.15, 0.2) is 5.82 Å². The number of hydrogen-bond acceptors (Lipinski definition) is 5. The molecule has 1 aromatic heterocycles. The fraction of sp³-hybridized carbons (Fsp3) is 0.471. The van der Waals surface area contributed by atoms with Gasteiger partial charge in [-0.1, -0.05) is 37.2 Å². The van der Waals surface area contributed by atoms with Gasteiger partial charge in [-0.15, -0.1) is 0 Å². The minimum absolute atomic E-state index is 0.0956. The molecule has 23 heavy (non-hydrogen) atoms. The van der Waals surface area contributed by atoms with Crippen molar-refractivity contribution in [3.63, 3.8) is 0 Å². The Morgan fingerprint density at radius 2 is 2.13 bits per heavy atom. The number of nitrogens with one attached hydrogen (secondary N) is 1. The summed E-state index contributed by atoms with van der Waals surface area (Å²) in [5.74, 6) is 1.32. The summed E-state index contributed by atoms with van der Waals surface area (Å²) < 4.78 is 11.1. The van der Waals surface area contributed by atoms with Gasteiger partial charge in [0.25, 0.3) is 0 Å². The van der Waals surface area contributed by atoms with Gasteiger partial charge in [0.05, 0.1) is 18.4 Å². The van der Waals surface area contributed by atoms with Gasteiger partial charge in [-0.05, 0) is 24.5 Å². The van der Waals surface area contributed by atoms with Crippen molar-refractivity contribution in [2.75, 3.05) is 11.9 Å². The molecule has 2 unspecified atom stereocenters. The lowest BCUT2D eigenvalue weighted by atomic mass is 9.93. The zero-order valence-corrected chi connectivity index (χ0v) is 13.4. The summed E-state index contributed by atoms with van der Waals surface area (Å²) in [7, 11) is 0. The van der Waals surface area contributed by atoms with Crippen LogP contribution in [0.4, 0.5) is 5.69 Å². The number of hydrogen-bond donors (Lipinski definition) is 1. The van der Waals surface area contributed by atoms with Crippen molar-refractivity contribution in [1.29, 1.82) is 0 Å². The minimum Gasteiger partial charge on any atom is -0.377 e. The maximum atomic E-state index is 12.0. The quantitative estimate of drug-likeness (QED) is 0.918. The Labute approximate surface area is 135 Å². The number of para-hydroxylation sites is 1. The third kappa shape index (κ3) is 3.76. The summed E-state index contributed by atoms with van der Waals surface area (Å²) in [4.78, 5) is 16.4. The first-order valence-corrected chi connectivity index (χ1v) is 7.92. The minimum atomic E-state index is -0.161. The van der Waals surface area contributed by atoms with Crippen molar-refractivity contribution < 1.29 is 14.1 Å². The fourth-order valence-corrected chi connectivity index (χ4v) is 2.89. The Morgan fingerprint density at radius 1 is 1.35 bits per heavy atom. The van der Waals surface area contributed by atoms with E-state index in [2.05, 4.69) is 29.3 Å². The first-order chi connectivity index (χ1) is 11.1. The average Bonchev–Trinajstić information content (AvgIpc) is 3.16. The highest BCUT2D eigenvalue weighted by molar-refractivity contribution is 5.91. The largest absolute Gasteiger partial charge is 0.377 e. The number of rotatable bonds is 5. The molecule has 1 N–H and O–H groups in total. The number of nitrogens with zero attached hydrogens (tertiary/aromatic N) is 2. The molecular weight excluding hydrogens is 294 g/mol. The second-order valence-corrected chi connectivity index (χ2v) is 6.11. The molecule has 122 valence electrons. The van der Waals surface area contributed by atoms with Crippen LogP contribution in [0.1, 0.15) is 37.9 Å². The lowest BCUT2D eigenvalue weighted by Crippen LogP contribution is -2.21. The summed E-state index contributed by atoms with van der Waals surface area (Å²) in [6, 6.07) is 9.31. The van der Waals surface area contributed by atoms with Crippen LogP contribution < -0.4 is 5.32 Å². The first kappa shape index (κ1) is 15.7. The first-order valence-electron chi connectivity index (χ1n) is 7.92. The van der Waals surface area contributed by atoms with E-state index in [9.17, 15) is 4.79 Å². The molecule has 2 atom stereocenters. The van der Waals surface area contributed by atoms with E-state index in [0.29, 0.717) is 24.2 Å². The number of anilines is 1. The van der Waals surface area contributed by atoms with E-state index < -0.39 is 0 Å². The smallest absolute Gasteiger partial charge is 0.232 e. The maximum Gasteiger partial charge on any atom is 0.232 e. The summed E-state index contributed by atoms with van der Waals surface area (Å²) in [5, 5.41) is 6.74. The Kier molecular flexibility index (Phi) is 4.71. The molecule has 6 nitrogen and oxygen atoms in total. The van der Waals surface area contributed by atoms with Crippen molar-refractivity contribution in [2.45, 2.75) is 38.7 Å². The van der Waals surface area contributed by atoms with Crippen LogP contribution in [0.15, 0.2) is 34.9 Å². The van der Waals surface area contributed by atoms with E-state index in [1.54, 1.807) is 0 Å². The van der Waals surface area contributed by atoms with E-state index in [0.717, 1.165) is 12.1 Å². The molecule has 1 aromatic carbocycles. The molecule has 0 radical (unpaired) electrons. The van der Waals surface area contributed by atoms with Gasteiger partial charge in [-0.3, -0.25) is 4.79 Å². The number of carbonyl (C=O) groups excluding carboxylic acids is 1. The van der Waals surface area contributed by atoms with Crippen LogP contribution in [0, 0.1) is 5.92 Å².